The summed E-state index contributed by atoms with van der Waals surface area (Å²) in [7, 11) is 0. The van der Waals surface area contributed by atoms with Gasteiger partial charge >= 0.3 is 5.97 Å². The van der Waals surface area contributed by atoms with Gasteiger partial charge in [0.05, 0.1) is 16.0 Å². The van der Waals surface area contributed by atoms with Crippen LogP contribution in [0, 0.1) is 11.7 Å². The molecule has 1 atom stereocenters. The molecule has 1 aromatic carbocycles. The monoisotopic (exact) mass is 349 g/mol. The minimum atomic E-state index is -0.924. The number of carbonyl (C=O) groups is 2. The molecule has 0 aliphatic carbocycles. The number of carboxylic acids is 1. The van der Waals surface area contributed by atoms with Crippen LogP contribution < -0.4 is 0 Å². The zero-order valence-electron chi connectivity index (χ0n) is 9.70. The predicted octanol–water partition coefficient (Wildman–Crippen LogP) is 2.79. The van der Waals surface area contributed by atoms with Crippen LogP contribution in [-0.2, 0) is 4.79 Å². The van der Waals surface area contributed by atoms with E-state index in [1.54, 1.807) is 0 Å². The average molecular weight is 351 g/mol. The van der Waals surface area contributed by atoms with Crippen molar-refractivity contribution in [1.29, 1.82) is 0 Å². The summed E-state index contributed by atoms with van der Waals surface area (Å²) in [5.41, 5.74) is 0.107. The summed E-state index contributed by atoms with van der Waals surface area (Å²) in [6.45, 7) is 0.477. The van der Waals surface area contributed by atoms with Crippen molar-refractivity contribution >= 4 is 39.4 Å². The van der Waals surface area contributed by atoms with E-state index in [2.05, 4.69) is 15.9 Å². The number of likely N-dealkylation sites (tertiary alicyclic amines) is 1. The maximum absolute atomic E-state index is 13.5. The average Bonchev–Trinajstić information content (AvgIpc) is 2.82. The van der Waals surface area contributed by atoms with Crippen molar-refractivity contribution in [2.75, 3.05) is 13.1 Å². The molecule has 7 heteroatoms. The highest BCUT2D eigenvalue weighted by molar-refractivity contribution is 9.10. The van der Waals surface area contributed by atoms with E-state index < -0.39 is 23.6 Å². The van der Waals surface area contributed by atoms with Crippen molar-refractivity contribution in [1.82, 2.24) is 4.90 Å². The van der Waals surface area contributed by atoms with Gasteiger partial charge in [0, 0.05) is 18.1 Å². The molecule has 0 radical (unpaired) electrons. The highest BCUT2D eigenvalue weighted by Gasteiger charge is 2.32. The first kappa shape index (κ1) is 14.3. The van der Waals surface area contributed by atoms with Crippen LogP contribution in [0.25, 0.3) is 0 Å². The number of amides is 1. The van der Waals surface area contributed by atoms with Crippen LogP contribution in [0.3, 0.4) is 0 Å². The Morgan fingerprint density at radius 1 is 1.47 bits per heavy atom. The van der Waals surface area contributed by atoms with Gasteiger partial charge in [0.1, 0.15) is 5.82 Å². The molecular formula is C12H10BrClFNO3. The first-order valence-electron chi connectivity index (χ1n) is 5.56. The van der Waals surface area contributed by atoms with E-state index in [0.29, 0.717) is 13.0 Å². The van der Waals surface area contributed by atoms with Gasteiger partial charge in [0.15, 0.2) is 0 Å². The molecule has 1 unspecified atom stereocenters. The van der Waals surface area contributed by atoms with Crippen LogP contribution in [0.4, 0.5) is 4.39 Å². The molecule has 1 amide bonds. The van der Waals surface area contributed by atoms with Crippen LogP contribution in [0.15, 0.2) is 16.6 Å². The highest BCUT2D eigenvalue weighted by atomic mass is 79.9. The van der Waals surface area contributed by atoms with Crippen molar-refractivity contribution in [3.63, 3.8) is 0 Å². The Morgan fingerprint density at radius 3 is 2.74 bits per heavy atom. The summed E-state index contributed by atoms with van der Waals surface area (Å²) in [6.07, 6.45) is 0.405. The van der Waals surface area contributed by atoms with Crippen molar-refractivity contribution in [3.05, 3.63) is 33.0 Å². The Kier molecular flexibility index (Phi) is 4.10. The SMILES string of the molecule is O=C(O)C1CCN(C(=O)c2cc(Cl)cc(F)c2Br)C1. The number of nitrogens with zero attached hydrogens (tertiary/aromatic N) is 1. The summed E-state index contributed by atoms with van der Waals surface area (Å²) in [5, 5.41) is 9.02. The first-order chi connectivity index (χ1) is 8.90. The van der Waals surface area contributed by atoms with Crippen molar-refractivity contribution < 1.29 is 19.1 Å². The number of rotatable bonds is 2. The number of hydrogen-bond acceptors (Lipinski definition) is 2. The lowest BCUT2D eigenvalue weighted by Gasteiger charge is -2.17. The molecule has 0 aromatic heterocycles. The molecule has 4 nitrogen and oxygen atoms in total. The molecule has 0 spiro atoms. The first-order valence-corrected chi connectivity index (χ1v) is 6.74. The van der Waals surface area contributed by atoms with Gasteiger partial charge in [-0.1, -0.05) is 11.6 Å². The van der Waals surface area contributed by atoms with Gasteiger partial charge in [0.25, 0.3) is 5.91 Å². The smallest absolute Gasteiger partial charge is 0.308 e. The molecule has 1 fully saturated rings. The Labute approximate surface area is 122 Å². The van der Waals surface area contributed by atoms with E-state index in [1.807, 2.05) is 0 Å². The summed E-state index contributed by atoms with van der Waals surface area (Å²) >= 11 is 8.73. The van der Waals surface area contributed by atoms with E-state index in [0.717, 1.165) is 6.07 Å². The summed E-state index contributed by atoms with van der Waals surface area (Å²) in [4.78, 5) is 24.5. The van der Waals surface area contributed by atoms with E-state index in [9.17, 15) is 14.0 Å². The Balaban J connectivity index is 2.24. The van der Waals surface area contributed by atoms with Crippen molar-refractivity contribution in [3.8, 4) is 0 Å². The molecule has 0 saturated carbocycles. The van der Waals surface area contributed by atoms with Crippen LogP contribution in [0.1, 0.15) is 16.8 Å². The highest BCUT2D eigenvalue weighted by Crippen LogP contribution is 2.28. The van der Waals surface area contributed by atoms with E-state index >= 15 is 0 Å². The Morgan fingerprint density at radius 2 is 2.16 bits per heavy atom. The van der Waals surface area contributed by atoms with Crippen LogP contribution >= 0.6 is 27.5 Å². The van der Waals surface area contributed by atoms with Gasteiger partial charge in [-0.3, -0.25) is 9.59 Å². The molecule has 1 aliphatic rings. The standard InChI is InChI=1S/C12H10BrClFNO3/c13-10-8(3-7(14)4-9(10)15)11(17)16-2-1-6(5-16)12(18)19/h3-4,6H,1-2,5H2,(H,18,19). The molecule has 1 heterocycles. The fraction of sp³-hybridized carbons (Fsp3) is 0.333. The van der Waals surface area contributed by atoms with Crippen LogP contribution in [-0.4, -0.2) is 35.0 Å². The normalized spacial score (nSPS) is 18.7. The zero-order chi connectivity index (χ0) is 14.2. The molecule has 1 saturated heterocycles. The van der Waals surface area contributed by atoms with Gasteiger partial charge in [-0.25, -0.2) is 4.39 Å². The van der Waals surface area contributed by atoms with Crippen LogP contribution in [0.2, 0.25) is 5.02 Å². The summed E-state index contributed by atoms with van der Waals surface area (Å²) in [6, 6.07) is 2.47. The topological polar surface area (TPSA) is 57.6 Å². The molecule has 1 aromatic rings. The summed E-state index contributed by atoms with van der Waals surface area (Å²) in [5.74, 6) is -2.53. The fourth-order valence-corrected chi connectivity index (χ4v) is 2.63. The molecule has 1 aliphatic heterocycles. The van der Waals surface area contributed by atoms with Gasteiger partial charge in [-0.15, -0.1) is 0 Å². The quantitative estimate of drug-likeness (QED) is 0.835. The molecule has 2 rings (SSSR count). The Bertz CT molecular complexity index is 552. The second-order valence-electron chi connectivity index (χ2n) is 4.32. The molecule has 19 heavy (non-hydrogen) atoms. The lowest BCUT2D eigenvalue weighted by atomic mass is 10.1. The van der Waals surface area contributed by atoms with Gasteiger partial charge in [-0.05, 0) is 34.5 Å². The largest absolute Gasteiger partial charge is 0.481 e. The number of carbonyl (C=O) groups excluding carboxylic acids is 1. The number of benzene rings is 1. The third-order valence-electron chi connectivity index (χ3n) is 3.05. The van der Waals surface area contributed by atoms with Gasteiger partial charge < -0.3 is 10.0 Å². The number of hydrogen-bond donors (Lipinski definition) is 1. The third kappa shape index (κ3) is 2.90. The maximum Gasteiger partial charge on any atom is 0.308 e. The number of halogens is 3. The minimum absolute atomic E-state index is 0.0423. The summed E-state index contributed by atoms with van der Waals surface area (Å²) < 4.78 is 13.5. The minimum Gasteiger partial charge on any atom is -0.481 e. The Hall–Kier alpha value is -1.14. The zero-order valence-corrected chi connectivity index (χ0v) is 12.0. The lowest BCUT2D eigenvalue weighted by Crippen LogP contribution is -2.30. The molecular weight excluding hydrogens is 340 g/mol. The van der Waals surface area contributed by atoms with Gasteiger partial charge in [0.2, 0.25) is 0 Å². The lowest BCUT2D eigenvalue weighted by molar-refractivity contribution is -0.141. The number of aliphatic carboxylic acids is 1. The van der Waals surface area contributed by atoms with Gasteiger partial charge in [-0.2, -0.15) is 0 Å². The molecule has 0 bridgehead atoms. The van der Waals surface area contributed by atoms with E-state index in [4.69, 9.17) is 16.7 Å². The number of carboxylic acid groups (broad SMARTS) is 1. The fourth-order valence-electron chi connectivity index (χ4n) is 2.03. The predicted molar refractivity (Wildman–Crippen MR) is 70.8 cm³/mol. The molecule has 1 N–H and O–H groups in total. The van der Waals surface area contributed by atoms with Crippen LogP contribution in [0.5, 0.6) is 0 Å². The maximum atomic E-state index is 13.5. The second-order valence-corrected chi connectivity index (χ2v) is 5.55. The molecule has 102 valence electrons. The van der Waals surface area contributed by atoms with Crippen molar-refractivity contribution in [2.45, 2.75) is 6.42 Å². The van der Waals surface area contributed by atoms with Crippen molar-refractivity contribution in [2.24, 2.45) is 5.92 Å². The second kappa shape index (κ2) is 5.46. The van der Waals surface area contributed by atoms with E-state index in [1.165, 1.54) is 11.0 Å². The third-order valence-corrected chi connectivity index (χ3v) is 4.07. The van der Waals surface area contributed by atoms with E-state index in [-0.39, 0.29) is 21.6 Å².